The molecule has 1 aromatic heterocycles. The van der Waals surface area contributed by atoms with Crippen molar-refractivity contribution in [3.63, 3.8) is 0 Å². The fourth-order valence-corrected chi connectivity index (χ4v) is 5.00. The molecule has 1 aromatic carbocycles. The topological polar surface area (TPSA) is 64.0 Å². The van der Waals surface area contributed by atoms with Crippen LogP contribution in [-0.2, 0) is 22.9 Å². The highest BCUT2D eigenvalue weighted by Gasteiger charge is 2.27. The third-order valence-corrected chi connectivity index (χ3v) is 6.67. The first kappa shape index (κ1) is 17.7. The van der Waals surface area contributed by atoms with Gasteiger partial charge in [-0.05, 0) is 31.0 Å². The van der Waals surface area contributed by atoms with E-state index in [4.69, 9.17) is 23.2 Å². The van der Waals surface area contributed by atoms with Crippen molar-refractivity contribution in [3.8, 4) is 0 Å². The van der Waals surface area contributed by atoms with Gasteiger partial charge >= 0.3 is 0 Å². The molecule has 2 aromatic rings. The van der Waals surface area contributed by atoms with Crippen molar-refractivity contribution in [2.75, 3.05) is 11.5 Å². The maximum absolute atomic E-state index is 11.5. The van der Waals surface area contributed by atoms with E-state index in [2.05, 4.69) is 10.4 Å². The van der Waals surface area contributed by atoms with Crippen molar-refractivity contribution < 1.29 is 8.42 Å². The van der Waals surface area contributed by atoms with E-state index < -0.39 is 9.84 Å². The fraction of sp³-hybridized carbons (Fsp3) is 0.438. The average molecular weight is 388 g/mol. The number of sulfone groups is 1. The summed E-state index contributed by atoms with van der Waals surface area (Å²) < 4.78 is 24.8. The Morgan fingerprint density at radius 3 is 2.62 bits per heavy atom. The summed E-state index contributed by atoms with van der Waals surface area (Å²) in [6.45, 7) is 2.99. The second-order valence-electron chi connectivity index (χ2n) is 6.12. The smallest absolute Gasteiger partial charge is 0.151 e. The van der Waals surface area contributed by atoms with Gasteiger partial charge in [-0.1, -0.05) is 35.3 Å². The van der Waals surface area contributed by atoms with Crippen LogP contribution in [0.2, 0.25) is 10.2 Å². The van der Waals surface area contributed by atoms with Gasteiger partial charge in [0.2, 0.25) is 0 Å². The molecular formula is C16H19Cl2N3O2S. The largest absolute Gasteiger partial charge is 0.309 e. The quantitative estimate of drug-likeness (QED) is 0.856. The van der Waals surface area contributed by atoms with Gasteiger partial charge in [0.1, 0.15) is 5.15 Å². The summed E-state index contributed by atoms with van der Waals surface area (Å²) in [6.07, 6.45) is 0.651. The van der Waals surface area contributed by atoms with Crippen LogP contribution in [0.5, 0.6) is 0 Å². The second-order valence-corrected chi connectivity index (χ2v) is 9.14. The summed E-state index contributed by atoms with van der Waals surface area (Å²) >= 11 is 12.4. The molecule has 0 spiro atoms. The van der Waals surface area contributed by atoms with E-state index in [0.29, 0.717) is 29.7 Å². The van der Waals surface area contributed by atoms with E-state index in [0.717, 1.165) is 16.8 Å². The number of benzene rings is 1. The molecular weight excluding hydrogens is 369 g/mol. The van der Waals surface area contributed by atoms with Crippen LogP contribution >= 0.6 is 23.2 Å². The Morgan fingerprint density at radius 1 is 1.29 bits per heavy atom. The van der Waals surface area contributed by atoms with Gasteiger partial charge in [0.05, 0.1) is 23.7 Å². The van der Waals surface area contributed by atoms with Crippen LogP contribution in [0.1, 0.15) is 23.2 Å². The summed E-state index contributed by atoms with van der Waals surface area (Å²) in [5, 5.41) is 9.05. The van der Waals surface area contributed by atoms with Crippen molar-refractivity contribution in [1.82, 2.24) is 15.1 Å². The Bertz CT molecular complexity index is 832. The molecule has 5 nitrogen and oxygen atoms in total. The first-order chi connectivity index (χ1) is 11.3. The molecule has 0 amide bonds. The van der Waals surface area contributed by atoms with Gasteiger partial charge < -0.3 is 5.32 Å². The predicted molar refractivity (Wildman–Crippen MR) is 96.4 cm³/mol. The van der Waals surface area contributed by atoms with E-state index in [-0.39, 0.29) is 17.5 Å². The normalized spacial score (nSPS) is 19.7. The van der Waals surface area contributed by atoms with Crippen molar-refractivity contribution >= 4 is 33.0 Å². The number of aromatic nitrogens is 2. The molecule has 1 N–H and O–H groups in total. The maximum Gasteiger partial charge on any atom is 0.151 e. The number of hydrogen-bond acceptors (Lipinski definition) is 4. The highest BCUT2D eigenvalue weighted by molar-refractivity contribution is 7.91. The first-order valence-corrected chi connectivity index (χ1v) is 10.3. The van der Waals surface area contributed by atoms with Crippen molar-refractivity contribution in [2.24, 2.45) is 0 Å². The van der Waals surface area contributed by atoms with Gasteiger partial charge in [0.25, 0.3) is 0 Å². The summed E-state index contributed by atoms with van der Waals surface area (Å²) in [5.74, 6) is 0.454. The SMILES string of the molecule is Cc1nn(Cc2ccc(Cl)cc2)c(Cl)c1CNC1CCS(=O)(=O)C1. The van der Waals surface area contributed by atoms with Crippen LogP contribution in [0, 0.1) is 6.92 Å². The second kappa shape index (κ2) is 7.04. The van der Waals surface area contributed by atoms with Crippen LogP contribution < -0.4 is 5.32 Å². The average Bonchev–Trinajstić information content (AvgIpc) is 3.00. The summed E-state index contributed by atoms with van der Waals surface area (Å²) in [6, 6.07) is 7.55. The predicted octanol–water partition coefficient (Wildman–Crippen LogP) is 2.82. The fourth-order valence-electron chi connectivity index (χ4n) is 2.86. The number of nitrogens with zero attached hydrogens (tertiary/aromatic N) is 2. The third-order valence-electron chi connectivity index (χ3n) is 4.23. The molecule has 1 aliphatic rings. The van der Waals surface area contributed by atoms with Crippen molar-refractivity contribution in [3.05, 3.63) is 51.3 Å². The minimum Gasteiger partial charge on any atom is -0.309 e. The zero-order valence-electron chi connectivity index (χ0n) is 13.3. The number of halogens is 2. The van der Waals surface area contributed by atoms with Crippen molar-refractivity contribution in [2.45, 2.75) is 32.5 Å². The summed E-state index contributed by atoms with van der Waals surface area (Å²) in [7, 11) is -2.89. The molecule has 3 rings (SSSR count). The Balaban J connectivity index is 1.69. The van der Waals surface area contributed by atoms with Crippen LogP contribution in [0.15, 0.2) is 24.3 Å². The molecule has 8 heteroatoms. The van der Waals surface area contributed by atoms with E-state index in [1.807, 2.05) is 31.2 Å². The molecule has 1 fully saturated rings. The molecule has 2 heterocycles. The minimum absolute atomic E-state index is 0.00918. The highest BCUT2D eigenvalue weighted by atomic mass is 35.5. The Labute approximate surface area is 151 Å². The zero-order chi connectivity index (χ0) is 17.3. The van der Waals surface area contributed by atoms with Crippen LogP contribution in [0.4, 0.5) is 0 Å². The van der Waals surface area contributed by atoms with E-state index >= 15 is 0 Å². The number of nitrogens with one attached hydrogen (secondary N) is 1. The molecule has 0 aliphatic carbocycles. The van der Waals surface area contributed by atoms with Gasteiger partial charge in [0.15, 0.2) is 9.84 Å². The standard InChI is InChI=1S/C16H19Cl2N3O2S/c1-11-15(8-19-14-6-7-24(22,23)10-14)16(18)21(20-11)9-12-2-4-13(17)5-3-12/h2-5,14,19H,6-10H2,1H3. The molecule has 1 atom stereocenters. The van der Waals surface area contributed by atoms with Gasteiger partial charge in [-0.25, -0.2) is 13.1 Å². The molecule has 130 valence electrons. The van der Waals surface area contributed by atoms with Crippen LogP contribution in [0.3, 0.4) is 0 Å². The van der Waals surface area contributed by atoms with E-state index in [1.54, 1.807) is 4.68 Å². The monoisotopic (exact) mass is 387 g/mol. The van der Waals surface area contributed by atoms with Gasteiger partial charge in [0, 0.05) is 23.2 Å². The molecule has 0 bridgehead atoms. The molecule has 1 unspecified atom stereocenters. The summed E-state index contributed by atoms with van der Waals surface area (Å²) in [5.41, 5.74) is 2.82. The van der Waals surface area contributed by atoms with Crippen LogP contribution in [0.25, 0.3) is 0 Å². The van der Waals surface area contributed by atoms with Gasteiger partial charge in [-0.3, -0.25) is 0 Å². The lowest BCUT2D eigenvalue weighted by molar-refractivity contribution is 0.553. The lowest BCUT2D eigenvalue weighted by Crippen LogP contribution is -2.29. The molecule has 1 aliphatic heterocycles. The molecule has 24 heavy (non-hydrogen) atoms. The highest BCUT2D eigenvalue weighted by Crippen LogP contribution is 2.22. The summed E-state index contributed by atoms with van der Waals surface area (Å²) in [4.78, 5) is 0. The number of aryl methyl sites for hydroxylation is 1. The maximum atomic E-state index is 11.5. The lowest BCUT2D eigenvalue weighted by Gasteiger charge is -2.10. The Morgan fingerprint density at radius 2 is 2.00 bits per heavy atom. The number of hydrogen-bond donors (Lipinski definition) is 1. The third kappa shape index (κ3) is 4.11. The van der Waals surface area contributed by atoms with E-state index in [9.17, 15) is 8.42 Å². The lowest BCUT2D eigenvalue weighted by atomic mass is 10.2. The minimum atomic E-state index is -2.89. The van der Waals surface area contributed by atoms with Crippen molar-refractivity contribution in [1.29, 1.82) is 0 Å². The number of rotatable bonds is 5. The van der Waals surface area contributed by atoms with E-state index in [1.165, 1.54) is 0 Å². The van der Waals surface area contributed by atoms with Crippen LogP contribution in [-0.4, -0.2) is 35.7 Å². The van der Waals surface area contributed by atoms with Gasteiger partial charge in [-0.15, -0.1) is 0 Å². The first-order valence-electron chi connectivity index (χ1n) is 7.74. The molecule has 0 radical (unpaired) electrons. The molecule has 0 saturated carbocycles. The Kier molecular flexibility index (Phi) is 5.20. The molecule has 1 saturated heterocycles. The Hall–Kier alpha value is -1.08. The van der Waals surface area contributed by atoms with Gasteiger partial charge in [-0.2, -0.15) is 5.10 Å². The zero-order valence-corrected chi connectivity index (χ0v) is 15.6.